The Morgan fingerprint density at radius 1 is 1.14 bits per heavy atom. The van der Waals surface area contributed by atoms with Crippen LogP contribution in [0.25, 0.3) is 0 Å². The van der Waals surface area contributed by atoms with Crippen molar-refractivity contribution in [2.75, 3.05) is 13.6 Å². The van der Waals surface area contributed by atoms with Gasteiger partial charge in [0.1, 0.15) is 11.5 Å². The van der Waals surface area contributed by atoms with Crippen LogP contribution >= 0.6 is 0 Å². The van der Waals surface area contributed by atoms with E-state index in [4.69, 9.17) is 0 Å². The molecule has 1 aliphatic heterocycles. The van der Waals surface area contributed by atoms with Crippen LogP contribution in [0.15, 0.2) is 54.9 Å². The highest BCUT2D eigenvalue weighted by Crippen LogP contribution is 2.32. The molecule has 0 saturated carbocycles. The molecule has 0 bridgehead atoms. The highest BCUT2D eigenvalue weighted by molar-refractivity contribution is 5.92. The van der Waals surface area contributed by atoms with Gasteiger partial charge in [0.2, 0.25) is 0 Å². The third-order valence-corrected chi connectivity index (χ3v) is 5.92. The quantitative estimate of drug-likeness (QED) is 0.701. The van der Waals surface area contributed by atoms with Crippen LogP contribution in [0.1, 0.15) is 52.9 Å². The van der Waals surface area contributed by atoms with E-state index in [1.165, 1.54) is 24.1 Å². The zero-order valence-electron chi connectivity index (χ0n) is 17.2. The maximum atomic E-state index is 12.1. The molecule has 3 aromatic rings. The molecule has 4 rings (SSSR count). The fourth-order valence-electron chi connectivity index (χ4n) is 4.33. The molecular weight excluding hydrogens is 362 g/mol. The molecule has 3 heterocycles. The van der Waals surface area contributed by atoms with E-state index in [1.807, 2.05) is 29.9 Å². The average Bonchev–Trinajstić information content (AvgIpc) is 3.35. The van der Waals surface area contributed by atoms with Crippen LogP contribution in [0.5, 0.6) is 0 Å². The minimum Gasteiger partial charge on any atom is -0.354 e. The Hall–Kier alpha value is -2.86. The van der Waals surface area contributed by atoms with Gasteiger partial charge in [-0.3, -0.25) is 9.69 Å². The van der Waals surface area contributed by atoms with Gasteiger partial charge in [-0.15, -0.1) is 0 Å². The number of benzene rings is 1. The highest BCUT2D eigenvalue weighted by Gasteiger charge is 2.28. The molecule has 1 aliphatic rings. The van der Waals surface area contributed by atoms with Crippen LogP contribution in [0.3, 0.4) is 0 Å². The number of rotatable bonds is 6. The number of imidazole rings is 1. The lowest BCUT2D eigenvalue weighted by molar-refractivity contribution is 0.0952. The van der Waals surface area contributed by atoms with Gasteiger partial charge in [0.05, 0.1) is 12.6 Å². The molecular formula is C23H29N5O. The van der Waals surface area contributed by atoms with Crippen molar-refractivity contribution in [2.45, 2.75) is 38.4 Å². The first-order chi connectivity index (χ1) is 14.2. The van der Waals surface area contributed by atoms with Crippen LogP contribution < -0.4 is 5.32 Å². The predicted octanol–water partition coefficient (Wildman–Crippen LogP) is 3.36. The summed E-state index contributed by atoms with van der Waals surface area (Å²) < 4.78 is 4.28. The summed E-state index contributed by atoms with van der Waals surface area (Å²) in [5.41, 5.74) is 3.18. The van der Waals surface area contributed by atoms with E-state index in [0.29, 0.717) is 11.7 Å². The molecule has 6 nitrogen and oxygen atoms in total. The number of carbonyl (C=O) groups is 1. The van der Waals surface area contributed by atoms with Gasteiger partial charge in [0.15, 0.2) is 0 Å². The summed E-state index contributed by atoms with van der Waals surface area (Å²) in [4.78, 5) is 19.3. The van der Waals surface area contributed by atoms with Gasteiger partial charge in [0, 0.05) is 38.7 Å². The summed E-state index contributed by atoms with van der Waals surface area (Å²) in [7, 11) is 3.66. The van der Waals surface area contributed by atoms with Gasteiger partial charge >= 0.3 is 0 Å². The molecule has 152 valence electrons. The standard InChI is InChI=1S/C23H29N5O/c1-24-23(29)21-12-11-19(26(21)2)20-10-6-7-14-27(20)17-22-25-13-15-28(22)16-18-8-4-3-5-9-18/h3-5,8-9,11-13,15,20H,6-7,10,14,16-17H2,1-2H3,(H,24,29)/t20-/m1/s1. The van der Waals surface area contributed by atoms with E-state index < -0.39 is 0 Å². The number of amides is 1. The van der Waals surface area contributed by atoms with Crippen LogP contribution in [0.4, 0.5) is 0 Å². The SMILES string of the molecule is CNC(=O)c1ccc([C@H]2CCCCN2Cc2nccn2Cc2ccccc2)n1C. The Morgan fingerprint density at radius 2 is 1.97 bits per heavy atom. The summed E-state index contributed by atoms with van der Waals surface area (Å²) in [5.74, 6) is 1.04. The third kappa shape index (κ3) is 4.12. The lowest BCUT2D eigenvalue weighted by Gasteiger charge is -2.36. The van der Waals surface area contributed by atoms with Gasteiger partial charge < -0.3 is 14.5 Å². The lowest BCUT2D eigenvalue weighted by atomic mass is 9.99. The molecule has 0 aliphatic carbocycles. The van der Waals surface area contributed by atoms with Crippen molar-refractivity contribution in [1.29, 1.82) is 0 Å². The van der Waals surface area contributed by atoms with E-state index in [2.05, 4.69) is 56.3 Å². The first-order valence-electron chi connectivity index (χ1n) is 10.3. The average molecular weight is 392 g/mol. The van der Waals surface area contributed by atoms with Crippen molar-refractivity contribution < 1.29 is 4.79 Å². The number of aromatic nitrogens is 3. The van der Waals surface area contributed by atoms with Crippen molar-refractivity contribution in [3.05, 3.63) is 77.6 Å². The second-order valence-corrected chi connectivity index (χ2v) is 7.72. The Kier molecular flexibility index (Phi) is 5.81. The fraction of sp³-hybridized carbons (Fsp3) is 0.391. The minimum absolute atomic E-state index is 0.0421. The van der Waals surface area contributed by atoms with E-state index in [1.54, 1.807) is 7.05 Å². The third-order valence-electron chi connectivity index (χ3n) is 5.92. The number of carbonyl (C=O) groups excluding carboxylic acids is 1. The maximum Gasteiger partial charge on any atom is 0.267 e. The molecule has 1 fully saturated rings. The molecule has 1 N–H and O–H groups in total. The molecule has 6 heteroatoms. The minimum atomic E-state index is -0.0421. The zero-order chi connectivity index (χ0) is 20.2. The molecule has 1 aromatic carbocycles. The Balaban J connectivity index is 1.55. The molecule has 1 atom stereocenters. The van der Waals surface area contributed by atoms with E-state index in [-0.39, 0.29) is 5.91 Å². The molecule has 1 saturated heterocycles. The van der Waals surface area contributed by atoms with E-state index >= 15 is 0 Å². The summed E-state index contributed by atoms with van der Waals surface area (Å²) in [6.45, 7) is 2.69. The van der Waals surface area contributed by atoms with E-state index in [0.717, 1.165) is 31.9 Å². The number of hydrogen-bond donors (Lipinski definition) is 1. The molecule has 29 heavy (non-hydrogen) atoms. The van der Waals surface area contributed by atoms with Crippen molar-refractivity contribution in [1.82, 2.24) is 24.3 Å². The number of nitrogens with one attached hydrogen (secondary N) is 1. The number of nitrogens with zero attached hydrogens (tertiary/aromatic N) is 4. The number of hydrogen-bond acceptors (Lipinski definition) is 3. The number of likely N-dealkylation sites (tertiary alicyclic amines) is 1. The van der Waals surface area contributed by atoms with Crippen LogP contribution in [-0.2, 0) is 20.1 Å². The van der Waals surface area contributed by atoms with Gasteiger partial charge in [-0.25, -0.2) is 4.98 Å². The van der Waals surface area contributed by atoms with Crippen molar-refractivity contribution >= 4 is 5.91 Å². The van der Waals surface area contributed by atoms with Crippen LogP contribution in [0, 0.1) is 0 Å². The van der Waals surface area contributed by atoms with Gasteiger partial charge in [-0.1, -0.05) is 36.8 Å². The fourth-order valence-corrected chi connectivity index (χ4v) is 4.33. The van der Waals surface area contributed by atoms with Crippen LogP contribution in [-0.4, -0.2) is 38.5 Å². The summed E-state index contributed by atoms with van der Waals surface area (Å²) in [5, 5.41) is 2.73. The second-order valence-electron chi connectivity index (χ2n) is 7.72. The maximum absolute atomic E-state index is 12.1. The highest BCUT2D eigenvalue weighted by atomic mass is 16.1. The summed E-state index contributed by atoms with van der Waals surface area (Å²) >= 11 is 0. The van der Waals surface area contributed by atoms with Crippen molar-refractivity contribution in [2.24, 2.45) is 7.05 Å². The Bertz CT molecular complexity index is 959. The number of piperidine rings is 1. The van der Waals surface area contributed by atoms with Crippen molar-refractivity contribution in [3.63, 3.8) is 0 Å². The van der Waals surface area contributed by atoms with E-state index in [9.17, 15) is 4.79 Å². The largest absolute Gasteiger partial charge is 0.354 e. The van der Waals surface area contributed by atoms with Gasteiger partial charge in [-0.05, 0) is 37.1 Å². The first-order valence-corrected chi connectivity index (χ1v) is 10.3. The predicted molar refractivity (Wildman–Crippen MR) is 114 cm³/mol. The normalized spacial score (nSPS) is 17.4. The van der Waals surface area contributed by atoms with Crippen LogP contribution in [0.2, 0.25) is 0 Å². The summed E-state index contributed by atoms with van der Waals surface area (Å²) in [6.07, 6.45) is 7.46. The topological polar surface area (TPSA) is 55.1 Å². The van der Waals surface area contributed by atoms with Gasteiger partial charge in [-0.2, -0.15) is 0 Å². The smallest absolute Gasteiger partial charge is 0.267 e. The summed E-state index contributed by atoms with van der Waals surface area (Å²) in [6, 6.07) is 14.8. The zero-order valence-corrected chi connectivity index (χ0v) is 17.2. The first kappa shape index (κ1) is 19.5. The molecule has 0 radical (unpaired) electrons. The molecule has 0 spiro atoms. The Morgan fingerprint density at radius 3 is 2.76 bits per heavy atom. The second kappa shape index (κ2) is 8.66. The molecule has 0 unspecified atom stereocenters. The Labute approximate surface area is 172 Å². The van der Waals surface area contributed by atoms with Gasteiger partial charge in [0.25, 0.3) is 5.91 Å². The molecule has 2 aromatic heterocycles. The lowest BCUT2D eigenvalue weighted by Crippen LogP contribution is -2.35. The van der Waals surface area contributed by atoms with Crippen molar-refractivity contribution in [3.8, 4) is 0 Å². The monoisotopic (exact) mass is 391 g/mol. The molecule has 1 amide bonds.